The number of carboxylic acids is 4. The Labute approximate surface area is 249 Å². The van der Waals surface area contributed by atoms with E-state index in [4.69, 9.17) is 0 Å². The van der Waals surface area contributed by atoms with Gasteiger partial charge in [0.05, 0.1) is 34.5 Å². The molecule has 2 aromatic heterocycles. The SMILES string of the molecule is O=C(O)c1ccc(N(C2=CC=CN(N(c3ccc(C(=O)O)cc3)c3ccc(C(=O)O)cn3)C2)c2ccc(C(=O)O)cn2)cc1. The first-order chi connectivity index (χ1) is 21.1. The Morgan fingerprint density at radius 3 is 1.50 bits per heavy atom. The lowest BCUT2D eigenvalue weighted by atomic mass is 10.1. The molecule has 3 heterocycles. The molecule has 0 spiro atoms. The molecule has 2 aromatic carbocycles. The Hall–Kier alpha value is -6.50. The highest BCUT2D eigenvalue weighted by Crippen LogP contribution is 2.33. The van der Waals surface area contributed by atoms with Crippen molar-refractivity contribution in [1.29, 1.82) is 0 Å². The molecule has 4 N–H and O–H groups in total. The molecule has 0 fully saturated rings. The van der Waals surface area contributed by atoms with E-state index in [1.807, 2.05) is 0 Å². The van der Waals surface area contributed by atoms with Gasteiger partial charge >= 0.3 is 23.9 Å². The average Bonchev–Trinajstić information content (AvgIpc) is 3.02. The summed E-state index contributed by atoms with van der Waals surface area (Å²) >= 11 is 0. The molecule has 0 amide bonds. The summed E-state index contributed by atoms with van der Waals surface area (Å²) in [5.41, 5.74) is 1.84. The second kappa shape index (κ2) is 12.2. The van der Waals surface area contributed by atoms with Crippen molar-refractivity contribution in [3.63, 3.8) is 0 Å². The molecule has 44 heavy (non-hydrogen) atoms. The van der Waals surface area contributed by atoms with Gasteiger partial charge in [0.1, 0.15) is 5.82 Å². The smallest absolute Gasteiger partial charge is 0.337 e. The monoisotopic (exact) mass is 593 g/mol. The minimum Gasteiger partial charge on any atom is -0.478 e. The Balaban J connectivity index is 1.56. The van der Waals surface area contributed by atoms with E-state index in [2.05, 4.69) is 9.97 Å². The van der Waals surface area contributed by atoms with E-state index >= 15 is 0 Å². The Bertz CT molecular complexity index is 1670. The number of hydrazine groups is 1. The van der Waals surface area contributed by atoms with Crippen LogP contribution in [0.1, 0.15) is 41.4 Å². The first-order valence-corrected chi connectivity index (χ1v) is 12.9. The van der Waals surface area contributed by atoms with E-state index in [1.54, 1.807) is 57.5 Å². The normalized spacial score (nSPS) is 12.3. The fourth-order valence-electron chi connectivity index (χ4n) is 4.45. The Morgan fingerprint density at radius 2 is 1.05 bits per heavy atom. The number of rotatable bonds is 10. The summed E-state index contributed by atoms with van der Waals surface area (Å²) in [5, 5.41) is 40.9. The molecule has 13 heteroatoms. The van der Waals surface area contributed by atoms with Crippen molar-refractivity contribution >= 4 is 46.9 Å². The fraction of sp³-hybridized carbons (Fsp3) is 0.0323. The van der Waals surface area contributed by atoms with Gasteiger partial charge < -0.3 is 20.4 Å². The van der Waals surface area contributed by atoms with E-state index < -0.39 is 23.9 Å². The molecule has 1 aliphatic heterocycles. The van der Waals surface area contributed by atoms with Gasteiger partial charge in [0.15, 0.2) is 5.82 Å². The third kappa shape index (κ3) is 6.06. The van der Waals surface area contributed by atoms with Crippen molar-refractivity contribution < 1.29 is 39.6 Å². The van der Waals surface area contributed by atoms with Gasteiger partial charge in [-0.3, -0.25) is 9.91 Å². The third-order valence-corrected chi connectivity index (χ3v) is 6.58. The molecule has 0 atom stereocenters. The summed E-state index contributed by atoms with van der Waals surface area (Å²) in [4.78, 5) is 56.3. The molecule has 0 bridgehead atoms. The summed E-state index contributed by atoms with van der Waals surface area (Å²) in [7, 11) is 0. The van der Waals surface area contributed by atoms with Crippen LogP contribution in [0.5, 0.6) is 0 Å². The topological polar surface area (TPSA) is 185 Å². The van der Waals surface area contributed by atoms with Gasteiger partial charge in [-0.1, -0.05) is 0 Å². The average molecular weight is 594 g/mol. The minimum absolute atomic E-state index is 0.0130. The van der Waals surface area contributed by atoms with Crippen molar-refractivity contribution in [3.8, 4) is 0 Å². The predicted octanol–water partition coefficient (Wildman–Crippen LogP) is 4.87. The number of hydrogen-bond acceptors (Lipinski definition) is 9. The van der Waals surface area contributed by atoms with Crippen LogP contribution in [0.15, 0.2) is 109 Å². The fourth-order valence-corrected chi connectivity index (χ4v) is 4.45. The Morgan fingerprint density at radius 1 is 0.591 bits per heavy atom. The molecular weight excluding hydrogens is 570 g/mol. The Kier molecular flexibility index (Phi) is 8.02. The predicted molar refractivity (Wildman–Crippen MR) is 157 cm³/mol. The van der Waals surface area contributed by atoms with Crippen LogP contribution >= 0.6 is 0 Å². The summed E-state index contributed by atoms with van der Waals surface area (Å²) in [6.07, 6.45) is 7.73. The quantitative estimate of drug-likeness (QED) is 0.195. The highest BCUT2D eigenvalue weighted by molar-refractivity contribution is 5.90. The second-order valence-electron chi connectivity index (χ2n) is 9.37. The molecule has 0 saturated heterocycles. The number of carbonyl (C=O) groups is 4. The molecule has 0 radical (unpaired) electrons. The van der Waals surface area contributed by atoms with Crippen LogP contribution < -0.4 is 9.91 Å². The van der Waals surface area contributed by atoms with Gasteiger partial charge in [-0.15, -0.1) is 0 Å². The highest BCUT2D eigenvalue weighted by atomic mass is 16.4. The number of nitrogens with zero attached hydrogens (tertiary/aromatic N) is 5. The number of anilines is 4. The van der Waals surface area contributed by atoms with Crippen molar-refractivity contribution in [2.24, 2.45) is 0 Å². The van der Waals surface area contributed by atoms with Crippen LogP contribution in [0.4, 0.5) is 23.0 Å². The summed E-state index contributed by atoms with van der Waals surface area (Å²) in [6, 6.07) is 18.0. The standard InChI is InChI=1S/C31H23N5O8/c37-28(38)19-3-9-23(10-4-19)35(26-13-7-21(16-32-26)30(41)42)25-2-1-15-34(18-25)36(24-11-5-20(6-12-24)29(39)40)27-14-8-22(17-33-27)31(43)44/h1-17H,18H2,(H,37,38)(H,39,40)(H,41,42)(H,43,44). The van der Waals surface area contributed by atoms with Gasteiger partial charge in [0, 0.05) is 30.0 Å². The maximum atomic E-state index is 11.5. The van der Waals surface area contributed by atoms with Crippen LogP contribution in [-0.2, 0) is 0 Å². The van der Waals surface area contributed by atoms with Gasteiger partial charge in [0.25, 0.3) is 0 Å². The summed E-state index contributed by atoms with van der Waals surface area (Å²) in [6.45, 7) is 0.169. The number of pyridine rings is 2. The van der Waals surface area contributed by atoms with E-state index in [-0.39, 0.29) is 28.8 Å². The molecule has 0 saturated carbocycles. The lowest BCUT2D eigenvalue weighted by molar-refractivity contribution is 0.0685. The number of allylic oxidation sites excluding steroid dienone is 2. The zero-order valence-corrected chi connectivity index (χ0v) is 22.7. The maximum absolute atomic E-state index is 11.5. The maximum Gasteiger partial charge on any atom is 0.337 e. The third-order valence-electron chi connectivity index (χ3n) is 6.58. The number of benzene rings is 2. The molecule has 0 unspecified atom stereocenters. The summed E-state index contributed by atoms with van der Waals surface area (Å²) < 4.78 is 0. The van der Waals surface area contributed by atoms with Gasteiger partial charge in [-0.05, 0) is 84.9 Å². The van der Waals surface area contributed by atoms with Gasteiger partial charge in [-0.25, -0.2) is 34.2 Å². The summed E-state index contributed by atoms with van der Waals surface area (Å²) in [5.74, 6) is -3.77. The largest absolute Gasteiger partial charge is 0.478 e. The highest BCUT2D eigenvalue weighted by Gasteiger charge is 2.25. The lowest BCUT2D eigenvalue weighted by Gasteiger charge is -2.39. The van der Waals surface area contributed by atoms with Gasteiger partial charge in [0.2, 0.25) is 0 Å². The molecule has 5 rings (SSSR count). The van der Waals surface area contributed by atoms with Crippen LogP contribution in [0.3, 0.4) is 0 Å². The van der Waals surface area contributed by atoms with Crippen LogP contribution in [0.2, 0.25) is 0 Å². The van der Waals surface area contributed by atoms with E-state index in [9.17, 15) is 39.6 Å². The second-order valence-corrected chi connectivity index (χ2v) is 9.37. The van der Waals surface area contributed by atoms with Crippen molar-refractivity contribution in [2.45, 2.75) is 0 Å². The molecule has 13 nitrogen and oxygen atoms in total. The van der Waals surface area contributed by atoms with E-state index in [0.29, 0.717) is 28.7 Å². The van der Waals surface area contributed by atoms with Gasteiger partial charge in [-0.2, -0.15) is 0 Å². The molecule has 1 aliphatic rings. The van der Waals surface area contributed by atoms with E-state index in [0.717, 1.165) is 0 Å². The first kappa shape index (κ1) is 29.0. The molecule has 220 valence electrons. The molecule has 0 aliphatic carbocycles. The number of hydrogen-bond donors (Lipinski definition) is 4. The van der Waals surface area contributed by atoms with E-state index in [1.165, 1.54) is 60.9 Å². The zero-order valence-electron chi connectivity index (χ0n) is 22.7. The first-order valence-electron chi connectivity index (χ1n) is 12.9. The van der Waals surface area contributed by atoms with Crippen LogP contribution in [0, 0.1) is 0 Å². The lowest BCUT2D eigenvalue weighted by Crippen LogP contribution is -2.40. The number of aromatic nitrogens is 2. The van der Waals surface area contributed by atoms with Crippen molar-refractivity contribution in [2.75, 3.05) is 16.5 Å². The van der Waals surface area contributed by atoms with Crippen molar-refractivity contribution in [3.05, 3.63) is 131 Å². The zero-order chi connectivity index (χ0) is 31.4. The van der Waals surface area contributed by atoms with Crippen LogP contribution in [-0.4, -0.2) is 65.8 Å². The molecular formula is C31H23N5O8. The van der Waals surface area contributed by atoms with Crippen molar-refractivity contribution in [1.82, 2.24) is 15.0 Å². The number of aromatic carboxylic acids is 4. The minimum atomic E-state index is -1.14. The number of carboxylic acid groups (broad SMARTS) is 4. The van der Waals surface area contributed by atoms with Crippen LogP contribution in [0.25, 0.3) is 0 Å². The molecule has 4 aromatic rings.